The van der Waals surface area contributed by atoms with Gasteiger partial charge in [0.05, 0.1) is 6.54 Å². The Morgan fingerprint density at radius 2 is 2.25 bits per heavy atom. The van der Waals surface area contributed by atoms with Gasteiger partial charge in [-0.2, -0.15) is 0 Å². The zero-order chi connectivity index (χ0) is 12.0. The molecule has 4 heteroatoms. The molecule has 0 saturated carbocycles. The Labute approximate surface area is 96.2 Å². The molecule has 0 saturated heterocycles. The number of hydrogen-bond donors (Lipinski definition) is 2. The van der Waals surface area contributed by atoms with Gasteiger partial charge in [-0.15, -0.1) is 0 Å². The smallest absolute Gasteiger partial charge is 0.286 e. The van der Waals surface area contributed by atoms with E-state index in [0.29, 0.717) is 30.5 Å². The van der Waals surface area contributed by atoms with Crippen molar-refractivity contribution >= 4 is 5.91 Å². The first kappa shape index (κ1) is 12.8. The van der Waals surface area contributed by atoms with Gasteiger partial charge in [0.15, 0.2) is 5.76 Å². The molecule has 0 radical (unpaired) electrons. The number of carbonyl (C=O) groups excluding carboxylic acids is 1. The van der Waals surface area contributed by atoms with Gasteiger partial charge in [-0.05, 0) is 30.9 Å². The summed E-state index contributed by atoms with van der Waals surface area (Å²) in [6.45, 7) is 5.35. The SMILES string of the molecule is CC(C)CCCNC(=O)c1ccc(CN)o1. The molecule has 1 amide bonds. The first-order valence-electron chi connectivity index (χ1n) is 5.70. The zero-order valence-electron chi connectivity index (χ0n) is 9.95. The molecule has 1 aromatic rings. The molecule has 0 unspecified atom stereocenters. The highest BCUT2D eigenvalue weighted by molar-refractivity contribution is 5.91. The highest BCUT2D eigenvalue weighted by atomic mass is 16.4. The molecule has 1 aromatic heterocycles. The lowest BCUT2D eigenvalue weighted by atomic mass is 10.1. The molecule has 0 aliphatic rings. The maximum atomic E-state index is 11.6. The van der Waals surface area contributed by atoms with E-state index in [1.165, 1.54) is 0 Å². The van der Waals surface area contributed by atoms with E-state index in [1.54, 1.807) is 12.1 Å². The number of rotatable bonds is 6. The quantitative estimate of drug-likeness (QED) is 0.725. The van der Waals surface area contributed by atoms with Crippen LogP contribution in [0.2, 0.25) is 0 Å². The number of amides is 1. The van der Waals surface area contributed by atoms with Crippen molar-refractivity contribution in [2.24, 2.45) is 11.7 Å². The molecule has 0 atom stereocenters. The van der Waals surface area contributed by atoms with E-state index in [9.17, 15) is 4.79 Å². The van der Waals surface area contributed by atoms with E-state index in [2.05, 4.69) is 19.2 Å². The molecule has 0 bridgehead atoms. The van der Waals surface area contributed by atoms with Crippen molar-refractivity contribution in [3.63, 3.8) is 0 Å². The lowest BCUT2D eigenvalue weighted by Gasteiger charge is -2.05. The fourth-order valence-corrected chi connectivity index (χ4v) is 1.41. The monoisotopic (exact) mass is 224 g/mol. The largest absolute Gasteiger partial charge is 0.455 e. The van der Waals surface area contributed by atoms with Crippen LogP contribution in [0.1, 0.15) is 43.0 Å². The Hall–Kier alpha value is -1.29. The van der Waals surface area contributed by atoms with Gasteiger partial charge in [0, 0.05) is 6.54 Å². The van der Waals surface area contributed by atoms with Gasteiger partial charge in [-0.3, -0.25) is 4.79 Å². The van der Waals surface area contributed by atoms with Crippen LogP contribution in [-0.2, 0) is 6.54 Å². The van der Waals surface area contributed by atoms with E-state index in [4.69, 9.17) is 10.2 Å². The maximum absolute atomic E-state index is 11.6. The van der Waals surface area contributed by atoms with Crippen LogP contribution in [0.5, 0.6) is 0 Å². The Morgan fingerprint density at radius 3 is 2.81 bits per heavy atom. The van der Waals surface area contributed by atoms with Crippen LogP contribution in [0.25, 0.3) is 0 Å². The van der Waals surface area contributed by atoms with E-state index < -0.39 is 0 Å². The maximum Gasteiger partial charge on any atom is 0.286 e. The summed E-state index contributed by atoms with van der Waals surface area (Å²) in [5, 5.41) is 2.82. The summed E-state index contributed by atoms with van der Waals surface area (Å²) in [5.41, 5.74) is 5.39. The van der Waals surface area contributed by atoms with Gasteiger partial charge in [0.2, 0.25) is 0 Å². The second-order valence-electron chi connectivity index (χ2n) is 4.26. The number of furan rings is 1. The van der Waals surface area contributed by atoms with Crippen LogP contribution in [0.15, 0.2) is 16.5 Å². The molecular formula is C12H20N2O2. The van der Waals surface area contributed by atoms with Crippen LogP contribution < -0.4 is 11.1 Å². The van der Waals surface area contributed by atoms with Crippen LogP contribution in [0.3, 0.4) is 0 Å². The van der Waals surface area contributed by atoms with Crippen LogP contribution in [0, 0.1) is 5.92 Å². The van der Waals surface area contributed by atoms with Crippen LogP contribution in [-0.4, -0.2) is 12.5 Å². The molecule has 0 aromatic carbocycles. The first-order chi connectivity index (χ1) is 7.63. The Kier molecular flexibility index (Phi) is 5.05. The fourth-order valence-electron chi connectivity index (χ4n) is 1.41. The minimum atomic E-state index is -0.163. The number of nitrogens with two attached hydrogens (primary N) is 1. The Bertz CT molecular complexity index is 332. The molecule has 90 valence electrons. The Balaban J connectivity index is 2.29. The summed E-state index contributed by atoms with van der Waals surface area (Å²) < 4.78 is 5.24. The van der Waals surface area contributed by atoms with E-state index in [-0.39, 0.29) is 5.91 Å². The zero-order valence-corrected chi connectivity index (χ0v) is 9.95. The summed E-state index contributed by atoms with van der Waals surface area (Å²) >= 11 is 0. The average molecular weight is 224 g/mol. The van der Waals surface area contributed by atoms with Gasteiger partial charge in [-0.25, -0.2) is 0 Å². The number of carbonyl (C=O) groups is 1. The lowest BCUT2D eigenvalue weighted by Crippen LogP contribution is -2.24. The molecule has 1 heterocycles. The van der Waals surface area contributed by atoms with Crippen molar-refractivity contribution in [3.05, 3.63) is 23.7 Å². The van der Waals surface area contributed by atoms with Gasteiger partial charge in [-0.1, -0.05) is 13.8 Å². The predicted octanol–water partition coefficient (Wildman–Crippen LogP) is 1.90. The molecule has 0 fully saturated rings. The predicted molar refractivity (Wildman–Crippen MR) is 63.0 cm³/mol. The standard InChI is InChI=1S/C12H20N2O2/c1-9(2)4-3-7-14-12(15)11-6-5-10(8-13)16-11/h5-6,9H,3-4,7-8,13H2,1-2H3,(H,14,15). The van der Waals surface area contributed by atoms with Crippen LogP contribution in [0.4, 0.5) is 0 Å². The minimum absolute atomic E-state index is 0.163. The number of hydrogen-bond acceptors (Lipinski definition) is 3. The van der Waals surface area contributed by atoms with Gasteiger partial charge < -0.3 is 15.5 Å². The van der Waals surface area contributed by atoms with E-state index >= 15 is 0 Å². The molecule has 4 nitrogen and oxygen atoms in total. The number of nitrogens with one attached hydrogen (secondary N) is 1. The van der Waals surface area contributed by atoms with E-state index in [1.807, 2.05) is 0 Å². The molecule has 3 N–H and O–H groups in total. The van der Waals surface area contributed by atoms with Crippen molar-refractivity contribution < 1.29 is 9.21 Å². The van der Waals surface area contributed by atoms with Gasteiger partial charge in [0.1, 0.15) is 5.76 Å². The summed E-state index contributed by atoms with van der Waals surface area (Å²) in [6.07, 6.45) is 2.11. The van der Waals surface area contributed by atoms with Crippen molar-refractivity contribution in [2.45, 2.75) is 33.2 Å². The molecule has 1 rings (SSSR count). The summed E-state index contributed by atoms with van der Waals surface area (Å²) in [6, 6.07) is 3.38. The van der Waals surface area contributed by atoms with Gasteiger partial charge >= 0.3 is 0 Å². The molecule has 0 aliphatic carbocycles. The fraction of sp³-hybridized carbons (Fsp3) is 0.583. The molecule has 16 heavy (non-hydrogen) atoms. The molecular weight excluding hydrogens is 204 g/mol. The third-order valence-electron chi connectivity index (χ3n) is 2.33. The van der Waals surface area contributed by atoms with Gasteiger partial charge in [0.25, 0.3) is 5.91 Å². The highest BCUT2D eigenvalue weighted by Crippen LogP contribution is 2.07. The summed E-state index contributed by atoms with van der Waals surface area (Å²) in [4.78, 5) is 11.6. The molecule has 0 spiro atoms. The van der Waals surface area contributed by atoms with Crippen molar-refractivity contribution in [3.8, 4) is 0 Å². The highest BCUT2D eigenvalue weighted by Gasteiger charge is 2.09. The lowest BCUT2D eigenvalue weighted by molar-refractivity contribution is 0.0923. The topological polar surface area (TPSA) is 68.3 Å². The van der Waals surface area contributed by atoms with Crippen LogP contribution >= 0.6 is 0 Å². The average Bonchev–Trinajstić information content (AvgIpc) is 2.72. The minimum Gasteiger partial charge on any atom is -0.455 e. The summed E-state index contributed by atoms with van der Waals surface area (Å²) in [7, 11) is 0. The van der Waals surface area contributed by atoms with E-state index in [0.717, 1.165) is 12.8 Å². The third-order valence-corrected chi connectivity index (χ3v) is 2.33. The van der Waals surface area contributed by atoms with Crippen molar-refractivity contribution in [2.75, 3.05) is 6.54 Å². The normalized spacial score (nSPS) is 10.8. The Morgan fingerprint density at radius 1 is 1.50 bits per heavy atom. The third kappa shape index (κ3) is 4.06. The van der Waals surface area contributed by atoms with Crippen molar-refractivity contribution in [1.82, 2.24) is 5.32 Å². The second kappa shape index (κ2) is 6.33. The molecule has 0 aliphatic heterocycles. The first-order valence-corrected chi connectivity index (χ1v) is 5.70. The second-order valence-corrected chi connectivity index (χ2v) is 4.26. The summed E-state index contributed by atoms with van der Waals surface area (Å²) in [5.74, 6) is 1.48. The van der Waals surface area contributed by atoms with Crippen molar-refractivity contribution in [1.29, 1.82) is 0 Å².